The van der Waals surface area contributed by atoms with Crippen molar-refractivity contribution in [1.82, 2.24) is 10.6 Å². The predicted octanol–water partition coefficient (Wildman–Crippen LogP) is 2.33. The molecule has 2 N–H and O–H groups in total. The molecule has 5 nitrogen and oxygen atoms in total. The van der Waals surface area contributed by atoms with Crippen LogP contribution in [0.5, 0.6) is 5.75 Å². The van der Waals surface area contributed by atoms with Gasteiger partial charge in [-0.05, 0) is 50.0 Å². The van der Waals surface area contributed by atoms with E-state index in [1.807, 2.05) is 0 Å². The van der Waals surface area contributed by atoms with Gasteiger partial charge in [0.05, 0.1) is 7.11 Å². The molecule has 0 saturated carbocycles. The van der Waals surface area contributed by atoms with Gasteiger partial charge in [-0.25, -0.2) is 4.39 Å². The summed E-state index contributed by atoms with van der Waals surface area (Å²) in [6.45, 7) is 2.69. The Labute approximate surface area is 147 Å². The zero-order valence-electron chi connectivity index (χ0n) is 13.8. The number of ketones is 1. The van der Waals surface area contributed by atoms with Crippen molar-refractivity contribution in [3.63, 3.8) is 0 Å². The van der Waals surface area contributed by atoms with Crippen LogP contribution in [-0.2, 0) is 4.79 Å². The number of Topliss-reactive ketones (excluding diaryl/α,β-unsaturated/α-hetero) is 1. The average molecular weight is 359 g/mol. The second-order valence-electron chi connectivity index (χ2n) is 5.77. The SMILES string of the molecule is COc1ccc(C(=O)CCC(=O)NCCC2CCNC2)cc1F.Cl. The highest BCUT2D eigenvalue weighted by molar-refractivity contribution is 5.98. The lowest BCUT2D eigenvalue weighted by Crippen LogP contribution is -2.26. The zero-order valence-corrected chi connectivity index (χ0v) is 14.6. The third-order valence-corrected chi connectivity index (χ3v) is 4.09. The average Bonchev–Trinajstić information content (AvgIpc) is 3.06. The van der Waals surface area contributed by atoms with E-state index in [1.54, 1.807) is 0 Å². The number of methoxy groups -OCH3 is 1. The van der Waals surface area contributed by atoms with Crippen molar-refractivity contribution in [2.75, 3.05) is 26.7 Å². The summed E-state index contributed by atoms with van der Waals surface area (Å²) in [5, 5.41) is 6.12. The Hall–Kier alpha value is -1.66. The first-order valence-electron chi connectivity index (χ1n) is 7.94. The number of carbonyl (C=O) groups excluding carboxylic acids is 2. The molecular weight excluding hydrogens is 335 g/mol. The van der Waals surface area contributed by atoms with E-state index in [0.717, 1.165) is 32.0 Å². The van der Waals surface area contributed by atoms with E-state index in [0.29, 0.717) is 12.5 Å². The van der Waals surface area contributed by atoms with E-state index in [4.69, 9.17) is 4.74 Å². The van der Waals surface area contributed by atoms with Crippen LogP contribution in [0.4, 0.5) is 4.39 Å². The number of hydrogen-bond donors (Lipinski definition) is 2. The molecule has 1 fully saturated rings. The first kappa shape index (κ1) is 20.4. The first-order valence-corrected chi connectivity index (χ1v) is 7.94. The number of hydrogen-bond acceptors (Lipinski definition) is 4. The van der Waals surface area contributed by atoms with Gasteiger partial charge in [0.25, 0.3) is 0 Å². The summed E-state index contributed by atoms with van der Waals surface area (Å²) in [4.78, 5) is 23.7. The molecule has 0 aromatic heterocycles. The summed E-state index contributed by atoms with van der Waals surface area (Å²) >= 11 is 0. The Morgan fingerprint density at radius 3 is 2.79 bits per heavy atom. The molecule has 1 heterocycles. The molecule has 1 aromatic carbocycles. The summed E-state index contributed by atoms with van der Waals surface area (Å²) < 4.78 is 18.4. The number of rotatable bonds is 8. The molecular formula is C17H24ClFN2O3. The summed E-state index contributed by atoms with van der Waals surface area (Å²) in [7, 11) is 1.37. The third-order valence-electron chi connectivity index (χ3n) is 4.09. The fourth-order valence-corrected chi connectivity index (χ4v) is 2.68. The highest BCUT2D eigenvalue weighted by Gasteiger charge is 2.15. The molecule has 0 radical (unpaired) electrons. The van der Waals surface area contributed by atoms with E-state index in [-0.39, 0.29) is 48.3 Å². The maximum Gasteiger partial charge on any atom is 0.220 e. The molecule has 1 aliphatic rings. The van der Waals surface area contributed by atoms with Crippen molar-refractivity contribution < 1.29 is 18.7 Å². The van der Waals surface area contributed by atoms with Gasteiger partial charge in [0, 0.05) is 24.9 Å². The molecule has 1 amide bonds. The van der Waals surface area contributed by atoms with E-state index in [2.05, 4.69) is 10.6 Å². The molecule has 134 valence electrons. The fourth-order valence-electron chi connectivity index (χ4n) is 2.68. The summed E-state index contributed by atoms with van der Waals surface area (Å²) in [6, 6.07) is 4.07. The topological polar surface area (TPSA) is 67.4 Å². The van der Waals surface area contributed by atoms with Crippen molar-refractivity contribution in [3.8, 4) is 5.75 Å². The van der Waals surface area contributed by atoms with Crippen LogP contribution in [-0.4, -0.2) is 38.4 Å². The Kier molecular flexibility index (Phi) is 8.71. The van der Waals surface area contributed by atoms with Gasteiger partial charge in [-0.3, -0.25) is 9.59 Å². The minimum absolute atomic E-state index is 0. The molecule has 0 aliphatic carbocycles. The van der Waals surface area contributed by atoms with Gasteiger partial charge in [-0.2, -0.15) is 0 Å². The van der Waals surface area contributed by atoms with Gasteiger partial charge in [0.15, 0.2) is 17.3 Å². The predicted molar refractivity (Wildman–Crippen MR) is 92.4 cm³/mol. The van der Waals surface area contributed by atoms with Gasteiger partial charge in [-0.15, -0.1) is 12.4 Å². The van der Waals surface area contributed by atoms with Crippen molar-refractivity contribution >= 4 is 24.1 Å². The first-order chi connectivity index (χ1) is 11.1. The highest BCUT2D eigenvalue weighted by atomic mass is 35.5. The van der Waals surface area contributed by atoms with Crippen molar-refractivity contribution in [2.45, 2.75) is 25.7 Å². The standard InChI is InChI=1S/C17H23FN2O3.ClH/c1-23-16-4-2-13(10-14(16)18)15(21)3-5-17(22)20-9-7-12-6-8-19-11-12;/h2,4,10,12,19H,3,5-9,11H2,1H3,(H,20,22);1H. The summed E-state index contributed by atoms with van der Waals surface area (Å²) in [5.74, 6) is -0.243. The molecule has 1 saturated heterocycles. The number of ether oxygens (including phenoxy) is 1. The summed E-state index contributed by atoms with van der Waals surface area (Å²) in [5.41, 5.74) is 0.258. The normalized spacial score (nSPS) is 16.3. The second kappa shape index (κ2) is 10.3. The molecule has 24 heavy (non-hydrogen) atoms. The van der Waals surface area contributed by atoms with Gasteiger partial charge in [0.2, 0.25) is 5.91 Å². The van der Waals surface area contributed by atoms with Crippen molar-refractivity contribution in [1.29, 1.82) is 0 Å². The van der Waals surface area contributed by atoms with E-state index >= 15 is 0 Å². The number of amides is 1. The van der Waals surface area contributed by atoms with Crippen molar-refractivity contribution in [3.05, 3.63) is 29.6 Å². The maximum atomic E-state index is 13.6. The lowest BCUT2D eigenvalue weighted by molar-refractivity contribution is -0.121. The number of nitrogens with one attached hydrogen (secondary N) is 2. The fraction of sp³-hybridized carbons (Fsp3) is 0.529. The molecule has 0 bridgehead atoms. The lowest BCUT2D eigenvalue weighted by atomic mass is 10.0. The molecule has 2 rings (SSSR count). The van der Waals surface area contributed by atoms with Crippen LogP contribution in [0.15, 0.2) is 18.2 Å². The Morgan fingerprint density at radius 2 is 2.17 bits per heavy atom. The zero-order chi connectivity index (χ0) is 16.7. The number of halogens is 2. The molecule has 1 aromatic rings. The molecule has 1 unspecified atom stereocenters. The van der Waals surface area contributed by atoms with Gasteiger partial charge >= 0.3 is 0 Å². The minimum Gasteiger partial charge on any atom is -0.494 e. The van der Waals surface area contributed by atoms with Gasteiger partial charge in [-0.1, -0.05) is 0 Å². The minimum atomic E-state index is -0.576. The van der Waals surface area contributed by atoms with Crippen LogP contribution in [0, 0.1) is 11.7 Å². The van der Waals surface area contributed by atoms with Crippen molar-refractivity contribution in [2.24, 2.45) is 5.92 Å². The van der Waals surface area contributed by atoms with Crippen LogP contribution in [0.25, 0.3) is 0 Å². The lowest BCUT2D eigenvalue weighted by Gasteiger charge is -2.09. The van der Waals surface area contributed by atoms with Crippen LogP contribution in [0.3, 0.4) is 0 Å². The third kappa shape index (κ3) is 6.09. The quantitative estimate of drug-likeness (QED) is 0.700. The molecule has 1 atom stereocenters. The largest absolute Gasteiger partial charge is 0.494 e. The van der Waals surface area contributed by atoms with Crippen LogP contribution < -0.4 is 15.4 Å². The van der Waals surface area contributed by atoms with Gasteiger partial charge < -0.3 is 15.4 Å². The summed E-state index contributed by atoms with van der Waals surface area (Å²) in [6.07, 6.45) is 2.30. The highest BCUT2D eigenvalue weighted by Crippen LogP contribution is 2.19. The van der Waals surface area contributed by atoms with E-state index in [1.165, 1.54) is 19.2 Å². The van der Waals surface area contributed by atoms with Crippen LogP contribution in [0.2, 0.25) is 0 Å². The Morgan fingerprint density at radius 1 is 1.38 bits per heavy atom. The van der Waals surface area contributed by atoms with Crippen LogP contribution >= 0.6 is 12.4 Å². The smallest absolute Gasteiger partial charge is 0.220 e. The number of benzene rings is 1. The molecule has 0 spiro atoms. The maximum absolute atomic E-state index is 13.6. The number of carbonyl (C=O) groups is 2. The second-order valence-corrected chi connectivity index (χ2v) is 5.77. The van der Waals surface area contributed by atoms with E-state index < -0.39 is 5.82 Å². The van der Waals surface area contributed by atoms with Crippen LogP contribution in [0.1, 0.15) is 36.0 Å². The monoisotopic (exact) mass is 358 g/mol. The Balaban J connectivity index is 0.00000288. The van der Waals surface area contributed by atoms with E-state index in [9.17, 15) is 14.0 Å². The molecule has 1 aliphatic heterocycles. The molecule has 7 heteroatoms. The van der Waals surface area contributed by atoms with Gasteiger partial charge in [0.1, 0.15) is 0 Å². The Bertz CT molecular complexity index is 563.